The van der Waals surface area contributed by atoms with Crippen molar-refractivity contribution in [1.82, 2.24) is 9.97 Å². The number of aromatic amines is 1. The summed E-state index contributed by atoms with van der Waals surface area (Å²) in [6, 6.07) is 1.58. The van der Waals surface area contributed by atoms with Crippen molar-refractivity contribution < 1.29 is 29.3 Å². The van der Waals surface area contributed by atoms with Gasteiger partial charge in [0.15, 0.2) is 12.0 Å². The van der Waals surface area contributed by atoms with Crippen LogP contribution < -0.4 is 0 Å². The minimum atomic E-state index is -1.44. The zero-order chi connectivity index (χ0) is 14.9. The van der Waals surface area contributed by atoms with Gasteiger partial charge >= 0.3 is 11.9 Å². The molecule has 0 radical (unpaired) electrons. The Hall–Kier alpha value is -2.45. The Bertz CT molecular complexity index is 674. The molecule has 106 valence electrons. The monoisotopic (exact) mass is 280 g/mol. The number of hydrogen-bond acceptors (Lipinski definition) is 5. The van der Waals surface area contributed by atoms with Crippen molar-refractivity contribution in [2.75, 3.05) is 14.2 Å². The van der Waals surface area contributed by atoms with E-state index < -0.39 is 29.5 Å². The second kappa shape index (κ2) is 5.27. The molecule has 0 saturated heterocycles. The highest BCUT2D eigenvalue weighted by Crippen LogP contribution is 2.31. The van der Waals surface area contributed by atoms with Crippen molar-refractivity contribution in [2.24, 2.45) is 0 Å². The van der Waals surface area contributed by atoms with Crippen LogP contribution in [0, 0.1) is 0 Å². The van der Waals surface area contributed by atoms with Gasteiger partial charge in [-0.15, -0.1) is 0 Å². The topological polar surface area (TPSA) is 122 Å². The largest absolute Gasteiger partial charge is 0.478 e. The molecule has 0 aliphatic rings. The highest BCUT2D eigenvalue weighted by Gasteiger charge is 2.29. The summed E-state index contributed by atoms with van der Waals surface area (Å²) in [6.07, 6.45) is 0.515. The summed E-state index contributed by atoms with van der Waals surface area (Å²) in [6.45, 7) is 0. The number of carboxylic acids is 2. The summed E-state index contributed by atoms with van der Waals surface area (Å²) in [5.74, 6) is -2.85. The maximum Gasteiger partial charge on any atom is 0.355 e. The van der Waals surface area contributed by atoms with E-state index >= 15 is 0 Å². The number of carboxylic acid groups (broad SMARTS) is 2. The van der Waals surface area contributed by atoms with Gasteiger partial charge in [-0.05, 0) is 6.07 Å². The number of hydrogen-bond donors (Lipinski definition) is 3. The molecule has 0 spiro atoms. The van der Waals surface area contributed by atoms with Crippen LogP contribution in [0.15, 0.2) is 12.3 Å². The molecule has 8 nitrogen and oxygen atoms in total. The number of aromatic carboxylic acids is 2. The lowest BCUT2D eigenvalue weighted by Crippen LogP contribution is -2.18. The maximum absolute atomic E-state index is 11.4. The molecule has 0 unspecified atom stereocenters. The molecule has 0 amide bonds. The van der Waals surface area contributed by atoms with Crippen molar-refractivity contribution in [3.8, 4) is 0 Å². The Morgan fingerprint density at radius 3 is 2.40 bits per heavy atom. The van der Waals surface area contributed by atoms with E-state index in [9.17, 15) is 14.7 Å². The third kappa shape index (κ3) is 2.10. The van der Waals surface area contributed by atoms with Crippen molar-refractivity contribution in [2.45, 2.75) is 6.29 Å². The minimum absolute atomic E-state index is 0.117. The van der Waals surface area contributed by atoms with Crippen molar-refractivity contribution in [3.63, 3.8) is 0 Å². The van der Waals surface area contributed by atoms with Gasteiger partial charge in [0.25, 0.3) is 0 Å². The fourth-order valence-corrected chi connectivity index (χ4v) is 2.05. The number of fused-ring (bicyclic) bond motifs is 1. The van der Waals surface area contributed by atoms with E-state index in [0.717, 1.165) is 0 Å². The van der Waals surface area contributed by atoms with Crippen LogP contribution in [0.2, 0.25) is 0 Å². The van der Waals surface area contributed by atoms with E-state index in [2.05, 4.69) is 9.97 Å². The molecular weight excluding hydrogens is 268 g/mol. The van der Waals surface area contributed by atoms with Crippen molar-refractivity contribution in [3.05, 3.63) is 29.1 Å². The van der Waals surface area contributed by atoms with Crippen LogP contribution in [-0.4, -0.2) is 46.3 Å². The van der Waals surface area contributed by atoms with Crippen molar-refractivity contribution in [1.29, 1.82) is 0 Å². The van der Waals surface area contributed by atoms with Crippen LogP contribution in [0.25, 0.3) is 11.0 Å². The molecule has 0 fully saturated rings. The standard InChI is InChI=1S/C12H12N2O6/c1-19-12(20-2)6-5-3-4-13-9(5)14-8(11(17)18)7(6)10(15)16/h3-4,12H,1-2H3,(H,13,14)(H,15,16)(H,17,18). The Morgan fingerprint density at radius 2 is 1.90 bits per heavy atom. The molecule has 0 saturated carbocycles. The minimum Gasteiger partial charge on any atom is -0.478 e. The second-order valence-electron chi connectivity index (χ2n) is 3.90. The van der Waals surface area contributed by atoms with Gasteiger partial charge in [-0.3, -0.25) is 0 Å². The lowest BCUT2D eigenvalue weighted by molar-refractivity contribution is -0.105. The number of carbonyl (C=O) groups is 2. The zero-order valence-corrected chi connectivity index (χ0v) is 10.7. The lowest BCUT2D eigenvalue weighted by atomic mass is 10.0. The SMILES string of the molecule is COC(OC)c1c(C(=O)O)c(C(=O)O)nc2[nH]ccc12. The fourth-order valence-electron chi connectivity index (χ4n) is 2.05. The average Bonchev–Trinajstić information content (AvgIpc) is 2.86. The molecule has 2 aromatic heterocycles. The smallest absolute Gasteiger partial charge is 0.355 e. The van der Waals surface area contributed by atoms with Crippen LogP contribution in [0.1, 0.15) is 32.7 Å². The molecule has 0 bridgehead atoms. The van der Waals surface area contributed by atoms with Crippen LogP contribution in [-0.2, 0) is 9.47 Å². The summed E-state index contributed by atoms with van der Waals surface area (Å²) < 4.78 is 10.1. The van der Waals surface area contributed by atoms with E-state index in [-0.39, 0.29) is 11.2 Å². The number of rotatable bonds is 5. The number of nitrogens with zero attached hydrogens (tertiary/aromatic N) is 1. The van der Waals surface area contributed by atoms with E-state index in [1.54, 1.807) is 6.07 Å². The molecule has 0 aliphatic heterocycles. The number of pyridine rings is 1. The Balaban J connectivity index is 2.91. The summed E-state index contributed by atoms with van der Waals surface area (Å²) >= 11 is 0. The lowest BCUT2D eigenvalue weighted by Gasteiger charge is -2.18. The Kier molecular flexibility index (Phi) is 3.68. The van der Waals surface area contributed by atoms with Crippen molar-refractivity contribution >= 4 is 23.0 Å². The molecule has 2 heterocycles. The van der Waals surface area contributed by atoms with E-state index in [4.69, 9.17) is 14.6 Å². The Labute approximate surface area is 113 Å². The summed E-state index contributed by atoms with van der Waals surface area (Å²) in [5.41, 5.74) is -0.646. The van der Waals surface area contributed by atoms with Gasteiger partial charge in [-0.2, -0.15) is 0 Å². The number of ether oxygens (including phenoxy) is 2. The predicted octanol–water partition coefficient (Wildman–Crippen LogP) is 1.25. The molecule has 3 N–H and O–H groups in total. The third-order valence-electron chi connectivity index (χ3n) is 2.83. The van der Waals surface area contributed by atoms with Gasteiger partial charge in [0.05, 0.1) is 0 Å². The highest BCUT2D eigenvalue weighted by molar-refractivity contribution is 6.05. The quantitative estimate of drug-likeness (QED) is 0.704. The average molecular weight is 280 g/mol. The normalized spacial score (nSPS) is 11.2. The first-order valence-electron chi connectivity index (χ1n) is 5.54. The fraction of sp³-hybridized carbons (Fsp3) is 0.250. The van der Waals surface area contributed by atoms with Gasteiger partial charge in [0.1, 0.15) is 11.2 Å². The van der Waals surface area contributed by atoms with Gasteiger partial charge < -0.3 is 24.7 Å². The molecule has 8 heteroatoms. The van der Waals surface area contributed by atoms with E-state index in [0.29, 0.717) is 5.39 Å². The van der Waals surface area contributed by atoms with E-state index in [1.807, 2.05) is 0 Å². The first-order valence-corrected chi connectivity index (χ1v) is 5.54. The van der Waals surface area contributed by atoms with Crippen LogP contribution >= 0.6 is 0 Å². The molecule has 20 heavy (non-hydrogen) atoms. The molecule has 0 atom stereocenters. The van der Waals surface area contributed by atoms with Gasteiger partial charge in [-0.25, -0.2) is 14.6 Å². The molecule has 0 aliphatic carbocycles. The highest BCUT2D eigenvalue weighted by atomic mass is 16.7. The molecule has 2 aromatic rings. The summed E-state index contributed by atoms with van der Waals surface area (Å²) in [7, 11) is 2.66. The number of methoxy groups -OCH3 is 2. The Morgan fingerprint density at radius 1 is 1.25 bits per heavy atom. The van der Waals surface area contributed by atoms with E-state index in [1.165, 1.54) is 20.4 Å². The first kappa shape index (κ1) is 14.0. The van der Waals surface area contributed by atoms with Gasteiger partial charge in [-0.1, -0.05) is 0 Å². The zero-order valence-electron chi connectivity index (χ0n) is 10.7. The van der Waals surface area contributed by atoms with Crippen LogP contribution in [0.4, 0.5) is 0 Å². The third-order valence-corrected chi connectivity index (χ3v) is 2.83. The number of H-pyrrole nitrogens is 1. The van der Waals surface area contributed by atoms with Gasteiger partial charge in [0, 0.05) is 31.4 Å². The molecular formula is C12H12N2O6. The second-order valence-corrected chi connectivity index (χ2v) is 3.90. The maximum atomic E-state index is 11.4. The van der Waals surface area contributed by atoms with Crippen LogP contribution in [0.5, 0.6) is 0 Å². The van der Waals surface area contributed by atoms with Gasteiger partial charge in [0.2, 0.25) is 0 Å². The summed E-state index contributed by atoms with van der Waals surface area (Å²) in [4.78, 5) is 29.2. The summed E-state index contributed by atoms with van der Waals surface area (Å²) in [5, 5.41) is 18.9. The van der Waals surface area contributed by atoms with Crippen LogP contribution in [0.3, 0.4) is 0 Å². The number of aromatic nitrogens is 2. The first-order chi connectivity index (χ1) is 9.51. The predicted molar refractivity (Wildman–Crippen MR) is 66.8 cm³/mol. The molecule has 2 rings (SSSR count). The number of nitrogens with one attached hydrogen (secondary N) is 1. The molecule has 0 aromatic carbocycles.